The molecular weight excluding hydrogens is 395 g/mol. The van der Waals surface area contributed by atoms with Crippen LogP contribution in [0.2, 0.25) is 0 Å². The molecule has 0 aliphatic carbocycles. The van der Waals surface area contributed by atoms with Crippen LogP contribution < -0.4 is 10.2 Å². The van der Waals surface area contributed by atoms with Crippen molar-refractivity contribution in [2.24, 2.45) is 5.92 Å². The van der Waals surface area contributed by atoms with Gasteiger partial charge in [0.2, 0.25) is 5.95 Å². The number of carbonyl (C=O) groups excluding carboxylic acids is 1. The van der Waals surface area contributed by atoms with Crippen LogP contribution in [0.3, 0.4) is 0 Å². The van der Waals surface area contributed by atoms with E-state index in [1.807, 2.05) is 33.2 Å². The van der Waals surface area contributed by atoms with E-state index in [1.54, 1.807) is 0 Å². The highest BCUT2D eigenvalue weighted by molar-refractivity contribution is 14.1. The zero-order valence-corrected chi connectivity index (χ0v) is 15.5. The predicted molar refractivity (Wildman–Crippen MR) is 93.9 cm³/mol. The van der Waals surface area contributed by atoms with Gasteiger partial charge in [0.15, 0.2) is 0 Å². The second-order valence-corrected chi connectivity index (χ2v) is 7.76. The van der Waals surface area contributed by atoms with Crippen molar-refractivity contribution in [3.05, 3.63) is 16.0 Å². The minimum atomic E-state index is -0.449. The largest absolute Gasteiger partial charge is 0.444 e. The average molecular weight is 418 g/mol. The lowest BCUT2D eigenvalue weighted by Gasteiger charge is -2.32. The Labute approximate surface area is 145 Å². The number of halogens is 1. The number of aromatic nitrogens is 2. The predicted octanol–water partition coefficient (Wildman–Crippen LogP) is 2.82. The first-order valence-corrected chi connectivity index (χ1v) is 8.61. The molecule has 0 saturated carbocycles. The van der Waals surface area contributed by atoms with Gasteiger partial charge in [0.25, 0.3) is 0 Å². The quantitative estimate of drug-likeness (QED) is 0.765. The van der Waals surface area contributed by atoms with Gasteiger partial charge in [0, 0.05) is 35.6 Å². The molecule has 6 nitrogen and oxygen atoms in total. The molecule has 1 aliphatic rings. The lowest BCUT2D eigenvalue weighted by Crippen LogP contribution is -2.40. The molecule has 7 heteroatoms. The van der Waals surface area contributed by atoms with Crippen molar-refractivity contribution in [2.75, 3.05) is 24.5 Å². The van der Waals surface area contributed by atoms with Gasteiger partial charge < -0.3 is 15.0 Å². The summed E-state index contributed by atoms with van der Waals surface area (Å²) in [6.07, 6.45) is 5.37. The number of hydrogen-bond acceptors (Lipinski definition) is 5. The van der Waals surface area contributed by atoms with E-state index in [-0.39, 0.29) is 6.09 Å². The van der Waals surface area contributed by atoms with Gasteiger partial charge in [-0.15, -0.1) is 0 Å². The number of rotatable bonds is 3. The number of hydrogen-bond donors (Lipinski definition) is 1. The van der Waals surface area contributed by atoms with Crippen LogP contribution in [-0.2, 0) is 4.74 Å². The summed E-state index contributed by atoms with van der Waals surface area (Å²) in [5.41, 5.74) is -0.449. The molecule has 0 radical (unpaired) electrons. The molecule has 1 N–H and O–H groups in total. The van der Waals surface area contributed by atoms with Crippen LogP contribution in [0.5, 0.6) is 0 Å². The van der Waals surface area contributed by atoms with E-state index in [1.165, 1.54) is 0 Å². The smallest absolute Gasteiger partial charge is 0.407 e. The maximum absolute atomic E-state index is 11.7. The highest BCUT2D eigenvalue weighted by atomic mass is 127. The molecule has 0 bridgehead atoms. The monoisotopic (exact) mass is 418 g/mol. The van der Waals surface area contributed by atoms with Gasteiger partial charge in [0.05, 0.1) is 0 Å². The van der Waals surface area contributed by atoms with Crippen LogP contribution in [0.4, 0.5) is 10.7 Å². The highest BCUT2D eigenvalue weighted by Crippen LogP contribution is 2.20. The van der Waals surface area contributed by atoms with Gasteiger partial charge >= 0.3 is 6.09 Å². The Bertz CT molecular complexity index is 493. The van der Waals surface area contributed by atoms with E-state index in [9.17, 15) is 4.79 Å². The number of anilines is 1. The summed E-state index contributed by atoms with van der Waals surface area (Å²) in [6.45, 7) is 8.10. The molecule has 0 unspecified atom stereocenters. The molecule has 1 fully saturated rings. The van der Waals surface area contributed by atoms with E-state index >= 15 is 0 Å². The highest BCUT2D eigenvalue weighted by Gasteiger charge is 2.22. The lowest BCUT2D eigenvalue weighted by molar-refractivity contribution is 0.0517. The summed E-state index contributed by atoms with van der Waals surface area (Å²) < 4.78 is 6.29. The molecule has 22 heavy (non-hydrogen) atoms. The molecule has 122 valence electrons. The second-order valence-electron chi connectivity index (χ2n) is 6.51. The maximum atomic E-state index is 11.7. The Morgan fingerprint density at radius 2 is 1.95 bits per heavy atom. The van der Waals surface area contributed by atoms with Gasteiger partial charge in [-0.25, -0.2) is 14.8 Å². The summed E-state index contributed by atoms with van der Waals surface area (Å²) >= 11 is 2.20. The third kappa shape index (κ3) is 5.58. The molecule has 2 heterocycles. The fraction of sp³-hybridized carbons (Fsp3) is 0.667. The molecule has 1 aromatic rings. The third-order valence-corrected chi connectivity index (χ3v) is 4.00. The zero-order chi connectivity index (χ0) is 16.2. The molecular formula is C15H23IN4O2. The summed E-state index contributed by atoms with van der Waals surface area (Å²) in [5, 5.41) is 2.86. The topological polar surface area (TPSA) is 67.3 Å². The number of nitrogens with zero attached hydrogens (tertiary/aromatic N) is 3. The van der Waals surface area contributed by atoms with Crippen molar-refractivity contribution in [1.29, 1.82) is 0 Å². The van der Waals surface area contributed by atoms with Crippen LogP contribution >= 0.6 is 22.6 Å². The number of nitrogens with one attached hydrogen (secondary N) is 1. The van der Waals surface area contributed by atoms with Gasteiger partial charge in [-0.2, -0.15) is 0 Å². The van der Waals surface area contributed by atoms with Crippen LogP contribution in [0.1, 0.15) is 33.6 Å². The number of carbonyl (C=O) groups is 1. The minimum absolute atomic E-state index is 0.337. The Morgan fingerprint density at radius 3 is 2.50 bits per heavy atom. The first kappa shape index (κ1) is 17.2. The Morgan fingerprint density at radius 1 is 1.36 bits per heavy atom. The van der Waals surface area contributed by atoms with Crippen molar-refractivity contribution < 1.29 is 9.53 Å². The fourth-order valence-corrected chi connectivity index (χ4v) is 2.63. The van der Waals surface area contributed by atoms with Crippen LogP contribution in [0.15, 0.2) is 12.4 Å². The van der Waals surface area contributed by atoms with Crippen LogP contribution in [0.25, 0.3) is 0 Å². The van der Waals surface area contributed by atoms with Gasteiger partial charge in [0.1, 0.15) is 5.60 Å². The summed E-state index contributed by atoms with van der Waals surface area (Å²) in [6, 6.07) is 0. The Kier molecular flexibility index (Phi) is 5.82. The maximum Gasteiger partial charge on any atom is 0.407 e. The van der Waals surface area contributed by atoms with Gasteiger partial charge in [-0.05, 0) is 62.1 Å². The van der Waals surface area contributed by atoms with E-state index in [4.69, 9.17) is 4.74 Å². The summed E-state index contributed by atoms with van der Waals surface area (Å²) in [5.74, 6) is 1.27. The van der Waals surface area contributed by atoms with Gasteiger partial charge in [-0.1, -0.05) is 0 Å². The lowest BCUT2D eigenvalue weighted by atomic mass is 9.97. The molecule has 2 rings (SSSR count). The molecule has 0 aromatic carbocycles. The first-order valence-electron chi connectivity index (χ1n) is 7.53. The van der Waals surface area contributed by atoms with Crippen LogP contribution in [0, 0.1) is 9.49 Å². The average Bonchev–Trinajstić information content (AvgIpc) is 2.45. The molecule has 1 aromatic heterocycles. The SMILES string of the molecule is CC(C)(C)OC(=O)NCC1CCN(c2ncc(I)cn2)CC1. The Balaban J connectivity index is 1.73. The molecule has 0 spiro atoms. The zero-order valence-electron chi connectivity index (χ0n) is 13.3. The van der Waals surface area contributed by atoms with Crippen molar-refractivity contribution in [1.82, 2.24) is 15.3 Å². The first-order chi connectivity index (χ1) is 10.3. The number of amides is 1. The van der Waals surface area contributed by atoms with E-state index in [0.29, 0.717) is 12.5 Å². The second kappa shape index (κ2) is 7.43. The standard InChI is InChI=1S/C15H23IN4O2/c1-15(2,3)22-14(21)19-8-11-4-6-20(7-5-11)13-17-9-12(16)10-18-13/h9-11H,4-8H2,1-3H3,(H,19,21). The van der Waals surface area contributed by atoms with E-state index in [2.05, 4.69) is 42.8 Å². The third-order valence-electron chi connectivity index (χ3n) is 3.44. The molecule has 1 amide bonds. The van der Waals surface area contributed by atoms with Crippen molar-refractivity contribution in [3.63, 3.8) is 0 Å². The summed E-state index contributed by atoms with van der Waals surface area (Å²) in [7, 11) is 0. The molecule has 1 saturated heterocycles. The fourth-order valence-electron chi connectivity index (χ4n) is 2.35. The number of alkyl carbamates (subject to hydrolysis) is 1. The normalized spacial score (nSPS) is 16.5. The van der Waals surface area contributed by atoms with Crippen molar-refractivity contribution in [3.8, 4) is 0 Å². The van der Waals surface area contributed by atoms with Crippen LogP contribution in [-0.4, -0.2) is 41.3 Å². The number of piperidine rings is 1. The van der Waals surface area contributed by atoms with E-state index < -0.39 is 5.60 Å². The van der Waals surface area contributed by atoms with Gasteiger partial charge in [-0.3, -0.25) is 0 Å². The molecule has 1 aliphatic heterocycles. The van der Waals surface area contributed by atoms with Crippen molar-refractivity contribution >= 4 is 34.6 Å². The number of ether oxygens (including phenoxy) is 1. The minimum Gasteiger partial charge on any atom is -0.444 e. The Hall–Kier alpha value is -1.12. The molecule has 0 atom stereocenters. The summed E-state index contributed by atoms with van der Waals surface area (Å²) in [4.78, 5) is 22.6. The van der Waals surface area contributed by atoms with Crippen molar-refractivity contribution in [2.45, 2.75) is 39.2 Å². The van der Waals surface area contributed by atoms with E-state index in [0.717, 1.165) is 35.4 Å².